The van der Waals surface area contributed by atoms with Gasteiger partial charge >= 0.3 is 0 Å². The molecule has 0 spiro atoms. The van der Waals surface area contributed by atoms with Crippen LogP contribution in [0.4, 0.5) is 0 Å². The van der Waals surface area contributed by atoms with Crippen LogP contribution in [0.5, 0.6) is 0 Å². The number of benzene rings is 1. The van der Waals surface area contributed by atoms with Gasteiger partial charge in [-0.05, 0) is 36.8 Å². The minimum Gasteiger partial charge on any atom is -0.469 e. The Morgan fingerprint density at radius 3 is 2.79 bits per heavy atom. The Morgan fingerprint density at radius 1 is 1.14 bits per heavy atom. The van der Waals surface area contributed by atoms with Crippen molar-refractivity contribution >= 4 is 11.4 Å². The Labute approximate surface area is 164 Å². The first-order valence-corrected chi connectivity index (χ1v) is 9.48. The third kappa shape index (κ3) is 3.98. The highest BCUT2D eigenvalue weighted by Crippen LogP contribution is 2.22. The van der Waals surface area contributed by atoms with Gasteiger partial charge in [0.15, 0.2) is 0 Å². The summed E-state index contributed by atoms with van der Waals surface area (Å²) >= 11 is 0. The normalized spacial score (nSPS) is 12.2. The smallest absolute Gasteiger partial charge is 0.228 e. The summed E-state index contributed by atoms with van der Waals surface area (Å²) in [5.41, 5.74) is 3.22. The Bertz CT molecular complexity index is 1050. The highest BCUT2D eigenvalue weighted by atomic mass is 16.3. The fourth-order valence-electron chi connectivity index (χ4n) is 3.40. The Kier molecular flexibility index (Phi) is 5.24. The van der Waals surface area contributed by atoms with Crippen LogP contribution in [0.3, 0.4) is 0 Å². The molecule has 0 aliphatic heterocycles. The quantitative estimate of drug-likeness (QED) is 0.534. The second kappa shape index (κ2) is 8.13. The minimum atomic E-state index is -0.288. The molecule has 142 valence electrons. The van der Waals surface area contributed by atoms with Crippen LogP contribution in [0.2, 0.25) is 0 Å². The van der Waals surface area contributed by atoms with E-state index in [1.807, 2.05) is 78.3 Å². The number of imidazole rings is 1. The van der Waals surface area contributed by atoms with Crippen LogP contribution >= 0.6 is 0 Å². The lowest BCUT2D eigenvalue weighted by atomic mass is 9.93. The molecule has 0 radical (unpaired) electrons. The van der Waals surface area contributed by atoms with Crippen LogP contribution in [-0.4, -0.2) is 21.8 Å². The number of fused-ring (bicyclic) bond motifs is 1. The van der Waals surface area contributed by atoms with Crippen molar-refractivity contribution in [1.82, 2.24) is 14.7 Å². The van der Waals surface area contributed by atoms with Gasteiger partial charge in [0.25, 0.3) is 0 Å². The molecule has 1 amide bonds. The zero-order chi connectivity index (χ0) is 19.3. The van der Waals surface area contributed by atoms with Gasteiger partial charge in [-0.1, -0.05) is 35.9 Å². The molecule has 5 heteroatoms. The van der Waals surface area contributed by atoms with Gasteiger partial charge in [0.2, 0.25) is 5.91 Å². The van der Waals surface area contributed by atoms with Crippen molar-refractivity contribution in [3.63, 3.8) is 0 Å². The average molecular weight is 373 g/mol. The molecule has 28 heavy (non-hydrogen) atoms. The number of hydrogen-bond donors (Lipinski definition) is 1. The van der Waals surface area contributed by atoms with Crippen molar-refractivity contribution in [2.45, 2.75) is 25.7 Å². The number of rotatable bonds is 7. The third-order valence-electron chi connectivity index (χ3n) is 4.94. The number of carbonyl (C=O) groups excluding carboxylic acids is 1. The summed E-state index contributed by atoms with van der Waals surface area (Å²) in [6, 6.07) is 17.9. The van der Waals surface area contributed by atoms with Crippen molar-refractivity contribution < 1.29 is 9.21 Å². The van der Waals surface area contributed by atoms with Crippen LogP contribution in [-0.2, 0) is 17.6 Å². The molecule has 3 aromatic heterocycles. The van der Waals surface area contributed by atoms with E-state index in [-0.39, 0.29) is 11.8 Å². The predicted molar refractivity (Wildman–Crippen MR) is 108 cm³/mol. The topological polar surface area (TPSA) is 59.5 Å². The van der Waals surface area contributed by atoms with Crippen LogP contribution in [0.1, 0.15) is 28.6 Å². The number of carbonyl (C=O) groups is 1. The highest BCUT2D eigenvalue weighted by Gasteiger charge is 2.22. The summed E-state index contributed by atoms with van der Waals surface area (Å²) in [6.07, 6.45) is 6.69. The van der Waals surface area contributed by atoms with E-state index in [1.54, 1.807) is 6.26 Å². The maximum Gasteiger partial charge on any atom is 0.228 e. The molecule has 0 aliphatic rings. The van der Waals surface area contributed by atoms with E-state index >= 15 is 0 Å². The zero-order valence-corrected chi connectivity index (χ0v) is 15.8. The molecule has 1 aromatic carbocycles. The second-order valence-corrected chi connectivity index (χ2v) is 6.96. The van der Waals surface area contributed by atoms with Gasteiger partial charge in [0, 0.05) is 25.6 Å². The fraction of sp³-hybridized carbons (Fsp3) is 0.217. The van der Waals surface area contributed by atoms with Crippen molar-refractivity contribution in [1.29, 1.82) is 0 Å². The summed E-state index contributed by atoms with van der Waals surface area (Å²) in [5.74, 6) is 1.46. The summed E-state index contributed by atoms with van der Waals surface area (Å²) in [5, 5.41) is 3.08. The number of nitrogens with zero attached hydrogens (tertiary/aromatic N) is 2. The van der Waals surface area contributed by atoms with Crippen molar-refractivity contribution in [3.05, 3.63) is 96.0 Å². The first kappa shape index (κ1) is 18.0. The van der Waals surface area contributed by atoms with Gasteiger partial charge in [0.1, 0.15) is 11.6 Å². The predicted octanol–water partition coefficient (Wildman–Crippen LogP) is 3.92. The monoisotopic (exact) mass is 373 g/mol. The summed E-state index contributed by atoms with van der Waals surface area (Å²) < 4.78 is 7.53. The second-order valence-electron chi connectivity index (χ2n) is 6.96. The number of amides is 1. The Morgan fingerprint density at radius 2 is 2.00 bits per heavy atom. The van der Waals surface area contributed by atoms with Crippen LogP contribution in [0.25, 0.3) is 5.52 Å². The number of pyridine rings is 1. The molecule has 0 bridgehead atoms. The van der Waals surface area contributed by atoms with E-state index in [4.69, 9.17) is 4.42 Å². The average Bonchev–Trinajstić information content (AvgIpc) is 3.37. The van der Waals surface area contributed by atoms with E-state index in [0.717, 1.165) is 22.7 Å². The molecule has 3 heterocycles. The van der Waals surface area contributed by atoms with Crippen molar-refractivity contribution in [2.24, 2.45) is 0 Å². The fourth-order valence-corrected chi connectivity index (χ4v) is 3.40. The lowest BCUT2D eigenvalue weighted by molar-refractivity contribution is -0.122. The van der Waals surface area contributed by atoms with Crippen molar-refractivity contribution in [2.75, 3.05) is 6.54 Å². The molecule has 0 saturated heterocycles. The minimum absolute atomic E-state index is 0.00103. The van der Waals surface area contributed by atoms with Crippen molar-refractivity contribution in [3.8, 4) is 0 Å². The standard InChI is InChI=1S/C23H23N3O2/c1-17-7-9-18(10-8-17)21(15-20-6-4-14-28-20)23(27)24-12-11-22-25-16-19-5-2-3-13-26(19)22/h2-10,13-14,16,21H,11-12,15H2,1H3,(H,24,27). The molecule has 1 atom stereocenters. The van der Waals surface area contributed by atoms with Crippen LogP contribution in [0, 0.1) is 6.92 Å². The largest absolute Gasteiger partial charge is 0.469 e. The van der Waals surface area contributed by atoms with Crippen LogP contribution in [0.15, 0.2) is 77.7 Å². The first-order chi connectivity index (χ1) is 13.7. The first-order valence-electron chi connectivity index (χ1n) is 9.48. The zero-order valence-electron chi connectivity index (χ0n) is 15.8. The number of nitrogens with one attached hydrogen (secondary N) is 1. The van der Waals surface area contributed by atoms with Gasteiger partial charge in [-0.3, -0.25) is 4.79 Å². The summed E-state index contributed by atoms with van der Waals surface area (Å²) in [7, 11) is 0. The van der Waals surface area contributed by atoms with Crippen LogP contribution < -0.4 is 5.32 Å². The van der Waals surface area contributed by atoms with Gasteiger partial charge < -0.3 is 14.1 Å². The molecular weight excluding hydrogens is 350 g/mol. The molecule has 5 nitrogen and oxygen atoms in total. The molecule has 0 aliphatic carbocycles. The summed E-state index contributed by atoms with van der Waals surface area (Å²) in [4.78, 5) is 17.4. The van der Waals surface area contributed by atoms with Gasteiger partial charge in [-0.25, -0.2) is 4.98 Å². The highest BCUT2D eigenvalue weighted by molar-refractivity contribution is 5.83. The Balaban J connectivity index is 1.45. The maximum absolute atomic E-state index is 13.0. The SMILES string of the molecule is Cc1ccc(C(Cc2ccco2)C(=O)NCCc2ncc3ccccn23)cc1. The number of hydrogen-bond acceptors (Lipinski definition) is 3. The van der Waals surface area contributed by atoms with E-state index in [0.29, 0.717) is 19.4 Å². The maximum atomic E-state index is 13.0. The van der Waals surface area contributed by atoms with Gasteiger partial charge in [0.05, 0.1) is 23.9 Å². The van der Waals surface area contributed by atoms with E-state index < -0.39 is 0 Å². The Hall–Kier alpha value is -3.34. The third-order valence-corrected chi connectivity index (χ3v) is 4.94. The molecule has 0 saturated carbocycles. The van der Waals surface area contributed by atoms with Gasteiger partial charge in [-0.15, -0.1) is 0 Å². The van der Waals surface area contributed by atoms with E-state index in [1.165, 1.54) is 5.56 Å². The number of aryl methyl sites for hydroxylation is 1. The summed E-state index contributed by atoms with van der Waals surface area (Å²) in [6.45, 7) is 2.58. The lowest BCUT2D eigenvalue weighted by Gasteiger charge is -2.16. The van der Waals surface area contributed by atoms with E-state index in [9.17, 15) is 4.79 Å². The van der Waals surface area contributed by atoms with Gasteiger partial charge in [-0.2, -0.15) is 0 Å². The molecule has 1 N–H and O–H groups in total. The molecule has 1 unspecified atom stereocenters. The molecule has 4 aromatic rings. The lowest BCUT2D eigenvalue weighted by Crippen LogP contribution is -2.32. The molecular formula is C23H23N3O2. The number of furan rings is 1. The molecule has 0 fully saturated rings. The van der Waals surface area contributed by atoms with E-state index in [2.05, 4.69) is 10.3 Å². The number of aromatic nitrogens is 2. The molecule has 4 rings (SSSR count).